The topological polar surface area (TPSA) is 79.5 Å². The molecule has 1 saturated heterocycles. The second-order valence-electron chi connectivity index (χ2n) is 8.56. The van der Waals surface area contributed by atoms with Gasteiger partial charge in [-0.2, -0.15) is 0 Å². The van der Waals surface area contributed by atoms with E-state index in [0.29, 0.717) is 23.8 Å². The van der Waals surface area contributed by atoms with E-state index in [9.17, 15) is 9.59 Å². The highest BCUT2D eigenvalue weighted by molar-refractivity contribution is 5.94. The van der Waals surface area contributed by atoms with Crippen molar-refractivity contribution in [3.05, 3.63) is 23.4 Å². The third kappa shape index (κ3) is 5.94. The van der Waals surface area contributed by atoms with Crippen LogP contribution in [0.4, 0.5) is 5.82 Å². The number of hydrogen-bond donors (Lipinski definition) is 1. The summed E-state index contributed by atoms with van der Waals surface area (Å²) in [4.78, 5) is 33.4. The molecule has 1 aromatic heterocycles. The number of hydrogen-bond acceptors (Lipinski definition) is 4. The van der Waals surface area contributed by atoms with Crippen LogP contribution in [0.2, 0.25) is 0 Å². The average molecular weight is 401 g/mol. The predicted octanol–water partition coefficient (Wildman–Crippen LogP) is 3.53. The van der Waals surface area contributed by atoms with E-state index in [1.807, 2.05) is 17.0 Å². The van der Waals surface area contributed by atoms with E-state index >= 15 is 0 Å². The van der Waals surface area contributed by atoms with Crippen LogP contribution in [0, 0.1) is 5.92 Å². The van der Waals surface area contributed by atoms with Gasteiger partial charge in [-0.3, -0.25) is 9.59 Å². The molecule has 2 heterocycles. The lowest BCUT2D eigenvalue weighted by molar-refractivity contribution is -0.132. The summed E-state index contributed by atoms with van der Waals surface area (Å²) >= 11 is 0. The lowest BCUT2D eigenvalue weighted by Crippen LogP contribution is -2.49. The van der Waals surface area contributed by atoms with Crippen molar-refractivity contribution in [3.63, 3.8) is 0 Å². The molecule has 0 spiro atoms. The standard InChI is InChI=1S/C23H36N4O2/c1-2-3-5-10-20-19(23(24)29)11-12-21(25-20)26-13-15-27(16-14-26)22(28)17-18-8-6-4-7-9-18/h11-12,18H,2-10,13-17H2,1H3,(H2,24,29). The summed E-state index contributed by atoms with van der Waals surface area (Å²) in [7, 11) is 0. The SMILES string of the molecule is CCCCCc1nc(N2CCN(C(=O)CC3CCCCC3)CC2)ccc1C(N)=O. The molecule has 1 aromatic rings. The molecule has 2 fully saturated rings. The molecule has 0 unspecified atom stereocenters. The minimum atomic E-state index is -0.409. The van der Waals surface area contributed by atoms with E-state index in [0.717, 1.165) is 63.4 Å². The van der Waals surface area contributed by atoms with Gasteiger partial charge in [-0.15, -0.1) is 0 Å². The van der Waals surface area contributed by atoms with Crippen molar-refractivity contribution >= 4 is 17.6 Å². The first-order chi connectivity index (χ1) is 14.1. The first-order valence-electron chi connectivity index (χ1n) is 11.4. The lowest BCUT2D eigenvalue weighted by Gasteiger charge is -2.36. The van der Waals surface area contributed by atoms with Gasteiger partial charge in [-0.25, -0.2) is 4.98 Å². The van der Waals surface area contributed by atoms with E-state index in [2.05, 4.69) is 11.8 Å². The molecule has 0 bridgehead atoms. The van der Waals surface area contributed by atoms with Crippen LogP contribution < -0.4 is 10.6 Å². The monoisotopic (exact) mass is 400 g/mol. The molecule has 2 aliphatic rings. The van der Waals surface area contributed by atoms with E-state index in [1.54, 1.807) is 0 Å². The zero-order valence-electron chi connectivity index (χ0n) is 17.9. The van der Waals surface area contributed by atoms with E-state index < -0.39 is 5.91 Å². The Morgan fingerprint density at radius 1 is 1.07 bits per heavy atom. The summed E-state index contributed by atoms with van der Waals surface area (Å²) in [6.45, 7) is 5.22. The van der Waals surface area contributed by atoms with Crippen molar-refractivity contribution in [3.8, 4) is 0 Å². The summed E-state index contributed by atoms with van der Waals surface area (Å²) in [5.41, 5.74) is 6.88. The Hall–Kier alpha value is -2.11. The second-order valence-corrected chi connectivity index (χ2v) is 8.56. The normalized spacial score (nSPS) is 18.1. The van der Waals surface area contributed by atoms with Gasteiger partial charge in [0.25, 0.3) is 5.91 Å². The zero-order chi connectivity index (χ0) is 20.6. The summed E-state index contributed by atoms with van der Waals surface area (Å²) in [5, 5.41) is 0. The van der Waals surface area contributed by atoms with Gasteiger partial charge in [0.2, 0.25) is 5.91 Å². The van der Waals surface area contributed by atoms with Crippen LogP contribution in [0.3, 0.4) is 0 Å². The number of aromatic nitrogens is 1. The summed E-state index contributed by atoms with van der Waals surface area (Å²) < 4.78 is 0. The molecule has 2 amide bonds. The highest BCUT2D eigenvalue weighted by Gasteiger charge is 2.25. The second kappa shape index (κ2) is 10.6. The molecule has 0 aromatic carbocycles. The molecular formula is C23H36N4O2. The molecule has 29 heavy (non-hydrogen) atoms. The van der Waals surface area contributed by atoms with Gasteiger partial charge in [0.1, 0.15) is 5.82 Å². The van der Waals surface area contributed by atoms with Crippen LogP contribution in [0.15, 0.2) is 12.1 Å². The van der Waals surface area contributed by atoms with Crippen LogP contribution >= 0.6 is 0 Å². The fourth-order valence-corrected chi connectivity index (χ4v) is 4.58. The molecule has 3 rings (SSSR count). The number of anilines is 1. The van der Waals surface area contributed by atoms with Gasteiger partial charge in [0.15, 0.2) is 0 Å². The van der Waals surface area contributed by atoms with Gasteiger partial charge in [0, 0.05) is 32.6 Å². The van der Waals surface area contributed by atoms with Crippen LogP contribution in [0.1, 0.15) is 80.8 Å². The number of nitrogens with two attached hydrogens (primary N) is 1. The van der Waals surface area contributed by atoms with Gasteiger partial charge >= 0.3 is 0 Å². The number of aryl methyl sites for hydroxylation is 1. The van der Waals surface area contributed by atoms with Crippen LogP contribution in [0.5, 0.6) is 0 Å². The molecule has 1 aliphatic carbocycles. The highest BCUT2D eigenvalue weighted by atomic mass is 16.2. The van der Waals surface area contributed by atoms with Gasteiger partial charge in [-0.05, 0) is 43.7 Å². The maximum atomic E-state index is 12.7. The Morgan fingerprint density at radius 2 is 1.79 bits per heavy atom. The van der Waals surface area contributed by atoms with Crippen LogP contribution in [-0.4, -0.2) is 47.9 Å². The van der Waals surface area contributed by atoms with Crippen LogP contribution in [0.25, 0.3) is 0 Å². The third-order valence-electron chi connectivity index (χ3n) is 6.39. The molecule has 0 radical (unpaired) electrons. The zero-order valence-corrected chi connectivity index (χ0v) is 17.9. The lowest BCUT2D eigenvalue weighted by atomic mass is 9.86. The molecular weight excluding hydrogens is 364 g/mol. The van der Waals surface area contributed by atoms with Gasteiger partial charge < -0.3 is 15.5 Å². The molecule has 6 nitrogen and oxygen atoms in total. The number of carbonyl (C=O) groups is 2. The predicted molar refractivity (Wildman–Crippen MR) is 116 cm³/mol. The molecule has 2 N–H and O–H groups in total. The Morgan fingerprint density at radius 3 is 2.45 bits per heavy atom. The van der Waals surface area contributed by atoms with Gasteiger partial charge in [-0.1, -0.05) is 39.0 Å². The number of nitrogens with zero attached hydrogens (tertiary/aromatic N) is 3. The highest BCUT2D eigenvalue weighted by Crippen LogP contribution is 2.27. The Balaban J connectivity index is 1.57. The van der Waals surface area contributed by atoms with Crippen molar-refractivity contribution in [2.45, 2.75) is 71.1 Å². The average Bonchev–Trinajstić information content (AvgIpc) is 2.74. The van der Waals surface area contributed by atoms with Crippen molar-refractivity contribution in [1.29, 1.82) is 0 Å². The molecule has 1 aliphatic heterocycles. The van der Waals surface area contributed by atoms with Crippen molar-refractivity contribution in [2.24, 2.45) is 11.7 Å². The quantitative estimate of drug-likeness (QED) is 0.677. The minimum Gasteiger partial charge on any atom is -0.366 e. The van der Waals surface area contributed by atoms with E-state index in [4.69, 9.17) is 10.7 Å². The summed E-state index contributed by atoms with van der Waals surface area (Å²) in [6, 6.07) is 3.70. The number of rotatable bonds is 8. The maximum Gasteiger partial charge on any atom is 0.250 e. The molecule has 1 saturated carbocycles. The summed E-state index contributed by atoms with van der Waals surface area (Å²) in [6.07, 6.45) is 11.0. The molecule has 160 valence electrons. The number of amides is 2. The fraction of sp³-hybridized carbons (Fsp3) is 0.696. The number of unbranched alkanes of at least 4 members (excludes halogenated alkanes) is 2. The first-order valence-corrected chi connectivity index (χ1v) is 11.4. The maximum absolute atomic E-state index is 12.7. The van der Waals surface area contributed by atoms with Crippen molar-refractivity contribution < 1.29 is 9.59 Å². The van der Waals surface area contributed by atoms with Crippen molar-refractivity contribution in [1.82, 2.24) is 9.88 Å². The smallest absolute Gasteiger partial charge is 0.250 e. The fourth-order valence-electron chi connectivity index (χ4n) is 4.58. The Labute approximate surface area is 174 Å². The summed E-state index contributed by atoms with van der Waals surface area (Å²) in [5.74, 6) is 1.38. The van der Waals surface area contributed by atoms with E-state index in [1.165, 1.54) is 32.1 Å². The molecule has 0 atom stereocenters. The largest absolute Gasteiger partial charge is 0.366 e. The number of carbonyl (C=O) groups excluding carboxylic acids is 2. The van der Waals surface area contributed by atoms with Crippen molar-refractivity contribution in [2.75, 3.05) is 31.1 Å². The minimum absolute atomic E-state index is 0.314. The number of pyridine rings is 1. The number of piperazine rings is 1. The van der Waals surface area contributed by atoms with Gasteiger partial charge in [0.05, 0.1) is 11.3 Å². The first kappa shape index (κ1) is 21.6. The third-order valence-corrected chi connectivity index (χ3v) is 6.39. The van der Waals surface area contributed by atoms with E-state index in [-0.39, 0.29) is 0 Å². The van der Waals surface area contributed by atoms with Crippen LogP contribution in [-0.2, 0) is 11.2 Å². The Kier molecular flexibility index (Phi) is 7.90. The number of primary amides is 1. The molecule has 6 heteroatoms. The Bertz CT molecular complexity index is 692.